The lowest BCUT2D eigenvalue weighted by Crippen LogP contribution is -2.35. The first-order chi connectivity index (χ1) is 5.95. The van der Waals surface area contributed by atoms with E-state index in [1.807, 2.05) is 6.07 Å². The van der Waals surface area contributed by atoms with E-state index in [9.17, 15) is 0 Å². The second kappa shape index (κ2) is 4.03. The van der Waals surface area contributed by atoms with Crippen LogP contribution in [0.2, 0.25) is 0 Å². The molecule has 65 valence electrons. The fraction of sp³-hybridized carbons (Fsp3) is 0.556. The summed E-state index contributed by atoms with van der Waals surface area (Å²) in [5, 5.41) is 3.10. The molecule has 1 aliphatic heterocycles. The quantitative estimate of drug-likeness (QED) is 0.685. The largest absolute Gasteiger partial charge is 0.379 e. The van der Waals surface area contributed by atoms with E-state index in [0.717, 1.165) is 32.8 Å². The molecule has 0 saturated carbocycles. The molecule has 1 fully saturated rings. The molecule has 0 amide bonds. The normalized spacial score (nSPS) is 19.7. The van der Waals surface area contributed by atoms with Crippen LogP contribution in [0, 0.1) is 5.38 Å². The van der Waals surface area contributed by atoms with Crippen LogP contribution in [0.3, 0.4) is 0 Å². The van der Waals surface area contributed by atoms with Crippen molar-refractivity contribution in [1.82, 2.24) is 4.90 Å². The highest BCUT2D eigenvalue weighted by molar-refractivity contribution is 7.09. The molecule has 2 nitrogen and oxygen atoms in total. The summed E-state index contributed by atoms with van der Waals surface area (Å²) >= 11 is 1.71. The van der Waals surface area contributed by atoms with Crippen molar-refractivity contribution in [1.29, 1.82) is 0 Å². The molecule has 0 aromatic carbocycles. The number of thiophene rings is 1. The summed E-state index contributed by atoms with van der Waals surface area (Å²) in [7, 11) is 0. The van der Waals surface area contributed by atoms with Gasteiger partial charge >= 0.3 is 0 Å². The Kier molecular flexibility index (Phi) is 2.76. The van der Waals surface area contributed by atoms with Gasteiger partial charge in [-0.2, -0.15) is 0 Å². The summed E-state index contributed by atoms with van der Waals surface area (Å²) in [6, 6.07) is 4.13. The Bertz CT molecular complexity index is 216. The van der Waals surface area contributed by atoms with E-state index in [1.54, 1.807) is 11.3 Å². The second-order valence-corrected chi connectivity index (χ2v) is 3.87. The van der Waals surface area contributed by atoms with E-state index in [-0.39, 0.29) is 0 Å². The minimum atomic E-state index is 0.884. The predicted molar refractivity (Wildman–Crippen MR) is 49.3 cm³/mol. The van der Waals surface area contributed by atoms with E-state index in [4.69, 9.17) is 4.74 Å². The van der Waals surface area contributed by atoms with Gasteiger partial charge in [0.2, 0.25) is 0 Å². The zero-order valence-corrected chi connectivity index (χ0v) is 7.77. The first kappa shape index (κ1) is 8.23. The molecular formula is C9H12NOS. The Balaban J connectivity index is 1.86. The van der Waals surface area contributed by atoms with Crippen LogP contribution >= 0.6 is 11.3 Å². The van der Waals surface area contributed by atoms with Crippen LogP contribution < -0.4 is 0 Å². The van der Waals surface area contributed by atoms with Crippen molar-refractivity contribution in [3.8, 4) is 0 Å². The molecule has 0 aliphatic carbocycles. The lowest BCUT2D eigenvalue weighted by molar-refractivity contribution is 0.0346. The van der Waals surface area contributed by atoms with Crippen molar-refractivity contribution in [2.45, 2.75) is 6.54 Å². The number of ether oxygens (including phenoxy) is 1. The van der Waals surface area contributed by atoms with Crippen molar-refractivity contribution < 1.29 is 4.74 Å². The van der Waals surface area contributed by atoms with Crippen LogP contribution in [-0.2, 0) is 11.3 Å². The van der Waals surface area contributed by atoms with Crippen LogP contribution in [0.4, 0.5) is 0 Å². The van der Waals surface area contributed by atoms with Crippen molar-refractivity contribution >= 4 is 11.3 Å². The van der Waals surface area contributed by atoms with Crippen LogP contribution in [0.5, 0.6) is 0 Å². The molecular weight excluding hydrogens is 170 g/mol. The van der Waals surface area contributed by atoms with Crippen molar-refractivity contribution in [3.05, 3.63) is 22.4 Å². The zero-order chi connectivity index (χ0) is 8.23. The van der Waals surface area contributed by atoms with Gasteiger partial charge in [0.25, 0.3) is 0 Å². The first-order valence-electron chi connectivity index (χ1n) is 4.20. The Morgan fingerprint density at radius 1 is 1.50 bits per heavy atom. The molecule has 2 rings (SSSR count). The number of nitrogens with zero attached hydrogens (tertiary/aromatic N) is 1. The maximum atomic E-state index is 5.27. The molecule has 1 saturated heterocycles. The van der Waals surface area contributed by atoms with Gasteiger partial charge in [-0.3, -0.25) is 4.90 Å². The Morgan fingerprint density at radius 3 is 3.00 bits per heavy atom. The minimum absolute atomic E-state index is 0.884. The third-order valence-corrected chi connectivity index (χ3v) is 2.79. The fourth-order valence-corrected chi connectivity index (χ4v) is 2.01. The summed E-state index contributed by atoms with van der Waals surface area (Å²) in [5.74, 6) is 0. The number of rotatable bonds is 2. The summed E-state index contributed by atoms with van der Waals surface area (Å²) in [5.41, 5.74) is 0. The summed E-state index contributed by atoms with van der Waals surface area (Å²) in [4.78, 5) is 3.82. The van der Waals surface area contributed by atoms with Gasteiger partial charge < -0.3 is 4.74 Å². The Morgan fingerprint density at radius 2 is 2.33 bits per heavy atom. The molecule has 1 aromatic rings. The Labute approximate surface area is 76.8 Å². The van der Waals surface area contributed by atoms with Crippen molar-refractivity contribution in [2.24, 2.45) is 0 Å². The molecule has 12 heavy (non-hydrogen) atoms. The molecule has 0 unspecified atom stereocenters. The van der Waals surface area contributed by atoms with Gasteiger partial charge in [0.05, 0.1) is 13.2 Å². The minimum Gasteiger partial charge on any atom is -0.379 e. The lowest BCUT2D eigenvalue weighted by Gasteiger charge is -2.25. The van der Waals surface area contributed by atoms with E-state index in [2.05, 4.69) is 16.3 Å². The van der Waals surface area contributed by atoms with Gasteiger partial charge in [-0.05, 0) is 12.1 Å². The standard InChI is InChI=1S/C9H12NOS/c1-2-9(12-7-1)8-10-3-5-11-6-4-10/h1-2H,3-6,8H2. The first-order valence-corrected chi connectivity index (χ1v) is 5.02. The highest BCUT2D eigenvalue weighted by Gasteiger charge is 2.10. The molecule has 1 radical (unpaired) electrons. The smallest absolute Gasteiger partial charge is 0.0594 e. The van der Waals surface area contributed by atoms with Gasteiger partial charge in [-0.15, -0.1) is 11.3 Å². The van der Waals surface area contributed by atoms with Crippen molar-refractivity contribution in [3.63, 3.8) is 0 Å². The maximum absolute atomic E-state index is 5.27. The third-order valence-electron chi connectivity index (χ3n) is 2.01. The van der Waals surface area contributed by atoms with Gasteiger partial charge in [0.1, 0.15) is 0 Å². The summed E-state index contributed by atoms with van der Waals surface area (Å²) in [6.07, 6.45) is 0. The zero-order valence-electron chi connectivity index (χ0n) is 6.95. The molecule has 1 aliphatic rings. The molecule has 3 heteroatoms. The van der Waals surface area contributed by atoms with E-state index >= 15 is 0 Å². The van der Waals surface area contributed by atoms with Gasteiger partial charge in [0.15, 0.2) is 0 Å². The average Bonchev–Trinajstić information content (AvgIpc) is 2.59. The van der Waals surface area contributed by atoms with E-state index in [0.29, 0.717) is 0 Å². The maximum Gasteiger partial charge on any atom is 0.0594 e. The number of morpholine rings is 1. The molecule has 0 atom stereocenters. The fourth-order valence-electron chi connectivity index (χ4n) is 1.34. The third kappa shape index (κ3) is 2.06. The van der Waals surface area contributed by atoms with Crippen molar-refractivity contribution in [2.75, 3.05) is 26.3 Å². The Hall–Kier alpha value is -0.380. The van der Waals surface area contributed by atoms with Crippen LogP contribution in [0.15, 0.2) is 12.1 Å². The van der Waals surface area contributed by atoms with Gasteiger partial charge in [-0.1, -0.05) is 0 Å². The SMILES string of the molecule is [c]1ccc(CN2CCOCC2)s1. The molecule has 0 spiro atoms. The van der Waals surface area contributed by atoms with Gasteiger partial charge in [0, 0.05) is 29.9 Å². The summed E-state index contributed by atoms with van der Waals surface area (Å²) in [6.45, 7) is 4.97. The topological polar surface area (TPSA) is 12.5 Å². The van der Waals surface area contributed by atoms with Crippen LogP contribution in [0.1, 0.15) is 4.88 Å². The number of hydrogen-bond acceptors (Lipinski definition) is 3. The predicted octanol–water partition coefficient (Wildman–Crippen LogP) is 1.38. The lowest BCUT2D eigenvalue weighted by atomic mass is 10.4. The highest BCUT2D eigenvalue weighted by Crippen LogP contribution is 2.11. The van der Waals surface area contributed by atoms with Gasteiger partial charge in [-0.25, -0.2) is 0 Å². The van der Waals surface area contributed by atoms with Crippen LogP contribution in [0.25, 0.3) is 0 Å². The average molecular weight is 182 g/mol. The monoisotopic (exact) mass is 182 g/mol. The van der Waals surface area contributed by atoms with E-state index < -0.39 is 0 Å². The second-order valence-electron chi connectivity index (χ2n) is 2.91. The molecule has 2 heterocycles. The van der Waals surface area contributed by atoms with E-state index in [1.165, 1.54) is 4.88 Å². The molecule has 0 bridgehead atoms. The molecule has 0 N–H and O–H groups in total. The highest BCUT2D eigenvalue weighted by atomic mass is 32.1. The molecule has 1 aromatic heterocycles. The number of hydrogen-bond donors (Lipinski definition) is 0. The van der Waals surface area contributed by atoms with Crippen LogP contribution in [-0.4, -0.2) is 31.2 Å². The summed E-state index contributed by atoms with van der Waals surface area (Å²) < 4.78 is 5.27.